The number of ether oxygens (including phenoxy) is 1. The van der Waals surface area contributed by atoms with E-state index in [-0.39, 0.29) is 28.6 Å². The van der Waals surface area contributed by atoms with Crippen LogP contribution in [0.3, 0.4) is 0 Å². The minimum atomic E-state index is -1.30. The molecule has 100 valence electrons. The molecule has 1 aromatic carbocycles. The van der Waals surface area contributed by atoms with Crippen LogP contribution in [0.2, 0.25) is 0 Å². The predicted molar refractivity (Wildman–Crippen MR) is 64.1 cm³/mol. The number of carboxylic acid groups (broad SMARTS) is 1. The fourth-order valence-corrected chi connectivity index (χ4v) is 2.03. The second-order valence-corrected chi connectivity index (χ2v) is 4.07. The molecule has 0 atom stereocenters. The zero-order valence-electron chi connectivity index (χ0n) is 10.3. The van der Waals surface area contributed by atoms with E-state index in [1.807, 2.05) is 0 Å². The first-order valence-corrected chi connectivity index (χ1v) is 5.46. The summed E-state index contributed by atoms with van der Waals surface area (Å²) in [6, 6.07) is 1.65. The number of pyridine rings is 1. The number of aryl methyl sites for hydroxylation is 1. The van der Waals surface area contributed by atoms with E-state index in [0.29, 0.717) is 11.8 Å². The number of carboxylic acids is 1. The lowest BCUT2D eigenvalue weighted by Gasteiger charge is -2.12. The Labute approximate surface area is 107 Å². The van der Waals surface area contributed by atoms with Gasteiger partial charge in [0.05, 0.1) is 23.1 Å². The first-order chi connectivity index (χ1) is 8.95. The molecule has 19 heavy (non-hydrogen) atoms. The van der Waals surface area contributed by atoms with Gasteiger partial charge < -0.3 is 9.84 Å². The van der Waals surface area contributed by atoms with E-state index in [0.717, 1.165) is 6.07 Å². The fourth-order valence-electron chi connectivity index (χ4n) is 2.03. The van der Waals surface area contributed by atoms with Crippen molar-refractivity contribution < 1.29 is 23.4 Å². The Bertz CT molecular complexity index is 671. The van der Waals surface area contributed by atoms with Gasteiger partial charge in [0.1, 0.15) is 11.6 Å². The number of fused-ring (bicyclic) bond motifs is 1. The minimum Gasteiger partial charge on any atom is -0.478 e. The quantitative estimate of drug-likeness (QED) is 0.928. The Kier molecular flexibility index (Phi) is 3.44. The lowest BCUT2D eigenvalue weighted by Crippen LogP contribution is -2.10. The lowest BCUT2D eigenvalue weighted by atomic mass is 10.0. The molecule has 0 spiro atoms. The number of nitrogens with zero attached hydrogens (tertiary/aromatic N) is 1. The summed E-state index contributed by atoms with van der Waals surface area (Å²) in [6.07, 6.45) is 0. The van der Waals surface area contributed by atoms with E-state index in [2.05, 4.69) is 4.98 Å². The number of methoxy groups -OCH3 is 1. The highest BCUT2D eigenvalue weighted by atomic mass is 19.1. The molecule has 0 saturated heterocycles. The van der Waals surface area contributed by atoms with Crippen LogP contribution >= 0.6 is 0 Å². The first kappa shape index (κ1) is 13.4. The van der Waals surface area contributed by atoms with Crippen LogP contribution in [0, 0.1) is 18.6 Å². The van der Waals surface area contributed by atoms with Crippen molar-refractivity contribution in [2.75, 3.05) is 7.11 Å². The van der Waals surface area contributed by atoms with Crippen molar-refractivity contribution in [2.45, 2.75) is 13.5 Å². The third-order valence-electron chi connectivity index (χ3n) is 2.81. The Balaban J connectivity index is 2.94. The normalized spacial score (nSPS) is 10.9. The molecule has 0 saturated carbocycles. The maximum atomic E-state index is 13.8. The monoisotopic (exact) mass is 267 g/mol. The van der Waals surface area contributed by atoms with Gasteiger partial charge in [-0.2, -0.15) is 0 Å². The van der Waals surface area contributed by atoms with Gasteiger partial charge in [-0.3, -0.25) is 4.98 Å². The Morgan fingerprint density at radius 3 is 2.68 bits per heavy atom. The average molecular weight is 267 g/mol. The molecule has 1 heterocycles. The second-order valence-electron chi connectivity index (χ2n) is 4.07. The van der Waals surface area contributed by atoms with Crippen LogP contribution in [-0.4, -0.2) is 23.2 Å². The van der Waals surface area contributed by atoms with Crippen molar-refractivity contribution in [3.63, 3.8) is 0 Å². The van der Waals surface area contributed by atoms with Gasteiger partial charge >= 0.3 is 5.97 Å². The van der Waals surface area contributed by atoms with Crippen molar-refractivity contribution in [2.24, 2.45) is 0 Å². The van der Waals surface area contributed by atoms with Gasteiger partial charge in [-0.1, -0.05) is 0 Å². The molecule has 6 heteroatoms. The number of benzene rings is 1. The Morgan fingerprint density at radius 1 is 1.42 bits per heavy atom. The zero-order valence-corrected chi connectivity index (χ0v) is 10.3. The largest absolute Gasteiger partial charge is 0.478 e. The molecule has 0 bridgehead atoms. The van der Waals surface area contributed by atoms with E-state index in [1.54, 1.807) is 6.92 Å². The smallest absolute Gasteiger partial charge is 0.336 e. The third kappa shape index (κ3) is 2.26. The summed E-state index contributed by atoms with van der Waals surface area (Å²) in [7, 11) is 1.40. The number of aromatic nitrogens is 1. The number of aromatic carboxylic acids is 1. The SMILES string of the molecule is COCc1c(C)nc2cc(F)cc(F)c2c1C(=O)O. The van der Waals surface area contributed by atoms with Gasteiger partial charge in [-0.15, -0.1) is 0 Å². The fraction of sp³-hybridized carbons (Fsp3) is 0.231. The van der Waals surface area contributed by atoms with E-state index in [9.17, 15) is 18.7 Å². The standard InChI is InChI=1S/C13H11F2NO3/c1-6-8(5-19-2)11(13(17)18)12-9(15)3-7(14)4-10(12)16-6/h3-4H,5H2,1-2H3,(H,17,18). The lowest BCUT2D eigenvalue weighted by molar-refractivity contribution is 0.0693. The van der Waals surface area contributed by atoms with Gasteiger partial charge in [-0.25, -0.2) is 13.6 Å². The highest BCUT2D eigenvalue weighted by Crippen LogP contribution is 2.27. The molecule has 0 amide bonds. The molecule has 0 aliphatic rings. The number of carbonyl (C=O) groups is 1. The zero-order chi connectivity index (χ0) is 14.2. The second kappa shape index (κ2) is 4.89. The van der Waals surface area contributed by atoms with Crippen LogP contribution in [0.1, 0.15) is 21.6 Å². The highest BCUT2D eigenvalue weighted by molar-refractivity contribution is 6.04. The third-order valence-corrected chi connectivity index (χ3v) is 2.81. The maximum Gasteiger partial charge on any atom is 0.336 e. The van der Waals surface area contributed by atoms with E-state index in [4.69, 9.17) is 4.74 Å². The van der Waals surface area contributed by atoms with E-state index >= 15 is 0 Å². The molecule has 2 aromatic rings. The maximum absolute atomic E-state index is 13.8. The molecule has 0 unspecified atom stereocenters. The van der Waals surface area contributed by atoms with E-state index < -0.39 is 17.6 Å². The summed E-state index contributed by atoms with van der Waals surface area (Å²) in [4.78, 5) is 15.4. The Hall–Kier alpha value is -2.08. The van der Waals surface area contributed by atoms with Crippen LogP contribution in [0.4, 0.5) is 8.78 Å². The van der Waals surface area contributed by atoms with Gasteiger partial charge in [0, 0.05) is 30.5 Å². The molecule has 0 fully saturated rings. The van der Waals surface area contributed by atoms with Gasteiger partial charge in [0.15, 0.2) is 0 Å². The number of hydrogen-bond donors (Lipinski definition) is 1. The molecule has 1 N–H and O–H groups in total. The Morgan fingerprint density at radius 2 is 2.11 bits per heavy atom. The van der Waals surface area contributed by atoms with Gasteiger partial charge in [0.25, 0.3) is 0 Å². The van der Waals surface area contributed by atoms with Crippen LogP contribution in [0.15, 0.2) is 12.1 Å². The summed E-state index contributed by atoms with van der Waals surface area (Å²) in [5.74, 6) is -3.04. The predicted octanol–water partition coefficient (Wildman–Crippen LogP) is 2.67. The van der Waals surface area contributed by atoms with E-state index in [1.165, 1.54) is 7.11 Å². The summed E-state index contributed by atoms with van der Waals surface area (Å²) in [5.41, 5.74) is 0.402. The van der Waals surface area contributed by atoms with Crippen molar-refractivity contribution in [3.8, 4) is 0 Å². The highest BCUT2D eigenvalue weighted by Gasteiger charge is 2.21. The number of halogens is 2. The van der Waals surface area contributed by atoms with Crippen LogP contribution in [-0.2, 0) is 11.3 Å². The number of rotatable bonds is 3. The molecule has 0 radical (unpaired) electrons. The summed E-state index contributed by atoms with van der Waals surface area (Å²) < 4.78 is 31.9. The molecule has 0 aliphatic heterocycles. The van der Waals surface area contributed by atoms with Gasteiger partial charge in [-0.05, 0) is 6.92 Å². The minimum absolute atomic E-state index is 0.00672. The summed E-state index contributed by atoms with van der Waals surface area (Å²) in [5, 5.41) is 9.06. The topological polar surface area (TPSA) is 59.4 Å². The van der Waals surface area contributed by atoms with Crippen molar-refractivity contribution in [3.05, 3.63) is 40.6 Å². The van der Waals surface area contributed by atoms with Gasteiger partial charge in [0.2, 0.25) is 0 Å². The number of hydrogen-bond acceptors (Lipinski definition) is 3. The van der Waals surface area contributed by atoms with Crippen LogP contribution in [0.25, 0.3) is 10.9 Å². The van der Waals surface area contributed by atoms with Crippen molar-refractivity contribution in [1.82, 2.24) is 4.98 Å². The molecule has 0 aliphatic carbocycles. The molecular formula is C13H11F2NO3. The summed E-state index contributed by atoms with van der Waals surface area (Å²) in [6.45, 7) is 1.57. The first-order valence-electron chi connectivity index (χ1n) is 5.46. The molecule has 2 rings (SSSR count). The summed E-state index contributed by atoms with van der Waals surface area (Å²) >= 11 is 0. The van der Waals surface area contributed by atoms with Crippen molar-refractivity contribution in [1.29, 1.82) is 0 Å². The van der Waals surface area contributed by atoms with Crippen LogP contribution in [0.5, 0.6) is 0 Å². The van der Waals surface area contributed by atoms with Crippen molar-refractivity contribution >= 4 is 16.9 Å². The molecule has 1 aromatic heterocycles. The molecule has 4 nitrogen and oxygen atoms in total. The molecular weight excluding hydrogens is 256 g/mol. The van der Waals surface area contributed by atoms with Crippen LogP contribution < -0.4 is 0 Å². The average Bonchev–Trinajstić information content (AvgIpc) is 2.30.